The van der Waals surface area contributed by atoms with E-state index in [1.165, 1.54) is 18.4 Å². The summed E-state index contributed by atoms with van der Waals surface area (Å²) in [5.74, 6) is -0.706. The minimum atomic E-state index is -0.490. The molecule has 3 aromatic rings. The van der Waals surface area contributed by atoms with Crippen LogP contribution in [0, 0.1) is 0 Å². The second-order valence-corrected chi connectivity index (χ2v) is 7.94. The average Bonchev–Trinajstić information content (AvgIpc) is 3.07. The van der Waals surface area contributed by atoms with Crippen LogP contribution in [0.3, 0.4) is 0 Å². The van der Waals surface area contributed by atoms with Crippen LogP contribution >= 0.6 is 38.9 Å². The first kappa shape index (κ1) is 19.6. The van der Waals surface area contributed by atoms with Gasteiger partial charge in [-0.2, -0.15) is 0 Å². The Morgan fingerprint density at radius 3 is 2.41 bits per heavy atom. The van der Waals surface area contributed by atoms with Crippen LogP contribution in [0.1, 0.15) is 15.9 Å². The van der Waals surface area contributed by atoms with E-state index < -0.39 is 5.97 Å². The SMILES string of the molecule is COC(=O)c1c(-c2ccc(Br)cc2)csc1NC(=O)Cc1ccc(Cl)cc1. The summed E-state index contributed by atoms with van der Waals surface area (Å²) in [6.07, 6.45) is 0.184. The molecule has 0 aliphatic heterocycles. The molecule has 0 saturated carbocycles. The Morgan fingerprint density at radius 2 is 1.78 bits per heavy atom. The summed E-state index contributed by atoms with van der Waals surface area (Å²) in [6, 6.07) is 14.7. The van der Waals surface area contributed by atoms with Gasteiger partial charge in [-0.25, -0.2) is 4.79 Å². The smallest absolute Gasteiger partial charge is 0.341 e. The van der Waals surface area contributed by atoms with Crippen molar-refractivity contribution < 1.29 is 14.3 Å². The molecule has 0 aliphatic carbocycles. The minimum absolute atomic E-state index is 0.184. The molecule has 1 heterocycles. The zero-order valence-electron chi connectivity index (χ0n) is 14.3. The second-order valence-electron chi connectivity index (χ2n) is 5.70. The van der Waals surface area contributed by atoms with Crippen LogP contribution in [-0.2, 0) is 16.0 Å². The summed E-state index contributed by atoms with van der Waals surface area (Å²) in [6.45, 7) is 0. The molecular weight excluding hydrogens is 450 g/mol. The maximum atomic E-state index is 12.4. The van der Waals surface area contributed by atoms with Gasteiger partial charge >= 0.3 is 5.97 Å². The first-order valence-electron chi connectivity index (χ1n) is 7.98. The highest BCUT2D eigenvalue weighted by molar-refractivity contribution is 9.10. The summed E-state index contributed by atoms with van der Waals surface area (Å²) in [5.41, 5.74) is 2.78. The number of nitrogens with one attached hydrogen (secondary N) is 1. The Kier molecular flexibility index (Phi) is 6.31. The number of anilines is 1. The lowest BCUT2D eigenvalue weighted by molar-refractivity contribution is -0.115. The number of hydrogen-bond donors (Lipinski definition) is 1. The number of esters is 1. The van der Waals surface area contributed by atoms with Crippen LogP contribution in [-0.4, -0.2) is 19.0 Å². The number of carbonyl (C=O) groups excluding carboxylic acids is 2. The summed E-state index contributed by atoms with van der Waals surface area (Å²) in [4.78, 5) is 24.8. The van der Waals surface area contributed by atoms with Gasteiger partial charge in [0.25, 0.3) is 0 Å². The summed E-state index contributed by atoms with van der Waals surface area (Å²) in [7, 11) is 1.32. The monoisotopic (exact) mass is 463 g/mol. The van der Waals surface area contributed by atoms with E-state index >= 15 is 0 Å². The number of carbonyl (C=O) groups is 2. The Bertz CT molecular complexity index is 968. The van der Waals surface area contributed by atoms with E-state index in [4.69, 9.17) is 16.3 Å². The van der Waals surface area contributed by atoms with Crippen molar-refractivity contribution in [1.82, 2.24) is 0 Å². The van der Waals surface area contributed by atoms with Crippen molar-refractivity contribution in [2.45, 2.75) is 6.42 Å². The third kappa shape index (κ3) is 4.77. The molecule has 4 nitrogen and oxygen atoms in total. The molecule has 1 aromatic heterocycles. The quantitative estimate of drug-likeness (QED) is 0.486. The van der Waals surface area contributed by atoms with Gasteiger partial charge in [0.1, 0.15) is 10.6 Å². The number of hydrogen-bond acceptors (Lipinski definition) is 4. The number of benzene rings is 2. The van der Waals surface area contributed by atoms with E-state index in [0.29, 0.717) is 15.6 Å². The Labute approximate surface area is 174 Å². The van der Waals surface area contributed by atoms with Crippen molar-refractivity contribution in [3.63, 3.8) is 0 Å². The first-order valence-corrected chi connectivity index (χ1v) is 10.0. The number of ether oxygens (including phenoxy) is 1. The van der Waals surface area contributed by atoms with E-state index in [1.54, 1.807) is 24.3 Å². The van der Waals surface area contributed by atoms with Crippen LogP contribution in [0.4, 0.5) is 5.00 Å². The molecule has 2 aromatic carbocycles. The summed E-state index contributed by atoms with van der Waals surface area (Å²) >= 11 is 10.6. The molecule has 3 rings (SSSR count). The number of rotatable bonds is 5. The topological polar surface area (TPSA) is 55.4 Å². The maximum absolute atomic E-state index is 12.4. The van der Waals surface area contributed by atoms with E-state index in [2.05, 4.69) is 21.2 Å². The van der Waals surface area contributed by atoms with Gasteiger partial charge in [0.2, 0.25) is 5.91 Å². The number of methoxy groups -OCH3 is 1. The molecule has 7 heteroatoms. The van der Waals surface area contributed by atoms with Crippen LogP contribution in [0.15, 0.2) is 58.4 Å². The lowest BCUT2D eigenvalue weighted by atomic mass is 10.0. The van der Waals surface area contributed by atoms with Crippen molar-refractivity contribution in [1.29, 1.82) is 0 Å². The Balaban J connectivity index is 1.86. The van der Waals surface area contributed by atoms with Gasteiger partial charge < -0.3 is 10.1 Å². The molecule has 1 N–H and O–H groups in total. The van der Waals surface area contributed by atoms with Gasteiger partial charge in [0.05, 0.1) is 13.5 Å². The van der Waals surface area contributed by atoms with Gasteiger partial charge in [-0.1, -0.05) is 51.8 Å². The highest BCUT2D eigenvalue weighted by Gasteiger charge is 2.22. The van der Waals surface area contributed by atoms with Gasteiger partial charge in [-0.15, -0.1) is 11.3 Å². The zero-order chi connectivity index (χ0) is 19.4. The molecular formula is C20H15BrClNO3S. The van der Waals surface area contributed by atoms with Crippen molar-refractivity contribution in [2.75, 3.05) is 12.4 Å². The van der Waals surface area contributed by atoms with Gasteiger partial charge in [-0.3, -0.25) is 4.79 Å². The molecule has 0 unspecified atom stereocenters. The molecule has 0 fully saturated rings. The summed E-state index contributed by atoms with van der Waals surface area (Å²) < 4.78 is 5.87. The lowest BCUT2D eigenvalue weighted by Crippen LogP contribution is -2.16. The van der Waals surface area contributed by atoms with E-state index in [9.17, 15) is 9.59 Å². The Morgan fingerprint density at radius 1 is 1.11 bits per heavy atom. The van der Waals surface area contributed by atoms with Crippen molar-refractivity contribution in [2.24, 2.45) is 0 Å². The van der Waals surface area contributed by atoms with E-state index in [1.807, 2.05) is 29.6 Å². The molecule has 0 bridgehead atoms. The third-order valence-corrected chi connectivity index (χ3v) is 5.54. The molecule has 0 saturated heterocycles. The second kappa shape index (κ2) is 8.69. The average molecular weight is 465 g/mol. The van der Waals surface area contributed by atoms with Crippen LogP contribution < -0.4 is 5.32 Å². The molecule has 27 heavy (non-hydrogen) atoms. The zero-order valence-corrected chi connectivity index (χ0v) is 17.5. The fourth-order valence-corrected chi connectivity index (χ4v) is 3.92. The predicted octanol–water partition coefficient (Wildman–Crippen LogP) is 5.80. The van der Waals surface area contributed by atoms with Crippen LogP contribution in [0.2, 0.25) is 5.02 Å². The first-order chi connectivity index (χ1) is 13.0. The van der Waals surface area contributed by atoms with E-state index in [0.717, 1.165) is 21.2 Å². The standard InChI is InChI=1S/C20H15BrClNO3S/c1-26-20(25)18-16(13-4-6-14(21)7-5-13)11-27-19(18)23-17(24)10-12-2-8-15(22)9-3-12/h2-9,11H,10H2,1H3,(H,23,24). The molecule has 0 atom stereocenters. The van der Waals surface area contributed by atoms with Gasteiger partial charge in [0, 0.05) is 20.4 Å². The molecule has 0 radical (unpaired) electrons. The predicted molar refractivity (Wildman–Crippen MR) is 113 cm³/mol. The van der Waals surface area contributed by atoms with Crippen LogP contribution in [0.5, 0.6) is 0 Å². The maximum Gasteiger partial charge on any atom is 0.341 e. The Hall–Kier alpha value is -2.15. The lowest BCUT2D eigenvalue weighted by Gasteiger charge is -2.08. The molecule has 0 spiro atoms. The molecule has 138 valence electrons. The van der Waals surface area contributed by atoms with Crippen LogP contribution in [0.25, 0.3) is 11.1 Å². The van der Waals surface area contributed by atoms with Crippen molar-refractivity contribution in [3.8, 4) is 11.1 Å². The normalized spacial score (nSPS) is 10.5. The minimum Gasteiger partial charge on any atom is -0.465 e. The fourth-order valence-electron chi connectivity index (χ4n) is 2.55. The fraction of sp³-hybridized carbons (Fsp3) is 0.100. The highest BCUT2D eigenvalue weighted by Crippen LogP contribution is 2.36. The van der Waals surface area contributed by atoms with Crippen molar-refractivity contribution in [3.05, 3.63) is 74.5 Å². The third-order valence-electron chi connectivity index (χ3n) is 3.87. The number of halogens is 2. The largest absolute Gasteiger partial charge is 0.465 e. The molecule has 0 aliphatic rings. The van der Waals surface area contributed by atoms with Crippen molar-refractivity contribution >= 4 is 55.7 Å². The number of amides is 1. The number of thiophene rings is 1. The summed E-state index contributed by atoms with van der Waals surface area (Å²) in [5, 5.41) is 5.75. The highest BCUT2D eigenvalue weighted by atomic mass is 79.9. The molecule has 1 amide bonds. The van der Waals surface area contributed by atoms with E-state index in [-0.39, 0.29) is 12.3 Å². The van der Waals surface area contributed by atoms with Gasteiger partial charge in [0.15, 0.2) is 0 Å². The van der Waals surface area contributed by atoms with Gasteiger partial charge in [-0.05, 0) is 35.4 Å².